The molecule has 0 heterocycles. The van der Waals surface area contributed by atoms with Gasteiger partial charge < -0.3 is 26.4 Å². The Labute approximate surface area is 81.9 Å². The summed E-state index contributed by atoms with van der Waals surface area (Å²) < 4.78 is 5.11. The summed E-state index contributed by atoms with van der Waals surface area (Å²) in [5, 5.41) is 19.0. The number of nitrogens with two attached hydrogens (primary N) is 2. The Morgan fingerprint density at radius 3 is 1.93 bits per heavy atom. The third-order valence-electron chi connectivity index (χ3n) is 2.00. The van der Waals surface area contributed by atoms with Gasteiger partial charge in [0.15, 0.2) is 5.75 Å². The van der Waals surface area contributed by atoms with E-state index >= 15 is 0 Å². The second-order valence-corrected chi connectivity index (χ2v) is 2.91. The van der Waals surface area contributed by atoms with Gasteiger partial charge in [0, 0.05) is 5.56 Å². The number of phenols is 2. The van der Waals surface area contributed by atoms with Crippen molar-refractivity contribution in [1.82, 2.24) is 0 Å². The van der Waals surface area contributed by atoms with E-state index in [1.807, 2.05) is 0 Å². The molecule has 0 spiro atoms. The highest BCUT2D eigenvalue weighted by atomic mass is 16.5. The van der Waals surface area contributed by atoms with Gasteiger partial charge in [0.2, 0.25) is 0 Å². The summed E-state index contributed by atoms with van der Waals surface area (Å²) in [7, 11) is 0. The van der Waals surface area contributed by atoms with Gasteiger partial charge in [0.1, 0.15) is 22.9 Å². The molecule has 1 aromatic carbocycles. The monoisotopic (exact) mass is 198 g/mol. The van der Waals surface area contributed by atoms with Gasteiger partial charge in [0.25, 0.3) is 0 Å². The van der Waals surface area contributed by atoms with E-state index < -0.39 is 0 Å². The lowest BCUT2D eigenvalue weighted by Gasteiger charge is -2.14. The SMILES string of the molecule is CCOc1c(N)c(O)c(C)c(O)c1N. The summed E-state index contributed by atoms with van der Waals surface area (Å²) in [4.78, 5) is 0. The molecule has 0 aliphatic heterocycles. The van der Waals surface area contributed by atoms with Crippen molar-refractivity contribution in [2.45, 2.75) is 13.8 Å². The quantitative estimate of drug-likeness (QED) is 0.322. The molecule has 5 heteroatoms. The molecule has 14 heavy (non-hydrogen) atoms. The van der Waals surface area contributed by atoms with E-state index in [0.29, 0.717) is 6.61 Å². The first kappa shape index (κ1) is 10.3. The van der Waals surface area contributed by atoms with Crippen LogP contribution in [-0.4, -0.2) is 16.8 Å². The van der Waals surface area contributed by atoms with Gasteiger partial charge in [-0.25, -0.2) is 0 Å². The Bertz CT molecular complexity index is 335. The summed E-state index contributed by atoms with van der Waals surface area (Å²) in [6.07, 6.45) is 0. The number of aromatic hydroxyl groups is 2. The fourth-order valence-corrected chi connectivity index (χ4v) is 1.18. The van der Waals surface area contributed by atoms with Gasteiger partial charge in [-0.15, -0.1) is 0 Å². The Morgan fingerprint density at radius 1 is 1.14 bits per heavy atom. The average Bonchev–Trinajstić information content (AvgIpc) is 2.19. The van der Waals surface area contributed by atoms with Crippen molar-refractivity contribution >= 4 is 11.4 Å². The number of hydrogen-bond acceptors (Lipinski definition) is 5. The van der Waals surface area contributed by atoms with Gasteiger partial charge in [-0.1, -0.05) is 0 Å². The van der Waals surface area contributed by atoms with E-state index in [1.165, 1.54) is 6.92 Å². The Balaban J connectivity index is 3.43. The van der Waals surface area contributed by atoms with Crippen molar-refractivity contribution in [2.24, 2.45) is 0 Å². The second kappa shape index (κ2) is 3.53. The van der Waals surface area contributed by atoms with Crippen LogP contribution in [0, 0.1) is 6.92 Å². The predicted octanol–water partition coefficient (Wildman–Crippen LogP) is 0.969. The van der Waals surface area contributed by atoms with Crippen LogP contribution in [0.1, 0.15) is 12.5 Å². The van der Waals surface area contributed by atoms with Crippen molar-refractivity contribution in [2.75, 3.05) is 18.1 Å². The second-order valence-electron chi connectivity index (χ2n) is 2.91. The Hall–Kier alpha value is -1.78. The first-order chi connectivity index (χ1) is 6.50. The molecule has 0 amide bonds. The van der Waals surface area contributed by atoms with Crippen LogP contribution in [0.25, 0.3) is 0 Å². The van der Waals surface area contributed by atoms with Crippen molar-refractivity contribution in [3.05, 3.63) is 5.56 Å². The minimum Gasteiger partial charge on any atom is -0.505 e. The summed E-state index contributed by atoms with van der Waals surface area (Å²) >= 11 is 0. The van der Waals surface area contributed by atoms with Crippen LogP contribution in [-0.2, 0) is 0 Å². The number of rotatable bonds is 2. The number of ether oxygens (including phenoxy) is 1. The lowest BCUT2D eigenvalue weighted by molar-refractivity contribution is 0.339. The molecule has 5 nitrogen and oxygen atoms in total. The molecular formula is C9H14N2O3. The molecule has 1 rings (SSSR count). The van der Waals surface area contributed by atoms with Crippen LogP contribution >= 0.6 is 0 Å². The first-order valence-corrected chi connectivity index (χ1v) is 4.22. The molecular weight excluding hydrogens is 184 g/mol. The van der Waals surface area contributed by atoms with Gasteiger partial charge in [-0.2, -0.15) is 0 Å². The highest BCUT2D eigenvalue weighted by molar-refractivity contribution is 5.81. The lowest BCUT2D eigenvalue weighted by atomic mass is 10.1. The molecule has 0 atom stereocenters. The van der Waals surface area contributed by atoms with Crippen molar-refractivity contribution < 1.29 is 14.9 Å². The lowest BCUT2D eigenvalue weighted by Crippen LogP contribution is -2.03. The molecule has 1 aromatic rings. The smallest absolute Gasteiger partial charge is 0.172 e. The van der Waals surface area contributed by atoms with E-state index in [2.05, 4.69) is 0 Å². The Morgan fingerprint density at radius 2 is 1.57 bits per heavy atom. The van der Waals surface area contributed by atoms with Gasteiger partial charge in [0.05, 0.1) is 6.61 Å². The van der Waals surface area contributed by atoms with Gasteiger partial charge in [-0.3, -0.25) is 0 Å². The normalized spacial score (nSPS) is 10.1. The minimum absolute atomic E-state index is 0.0552. The minimum atomic E-state index is -0.194. The molecule has 0 unspecified atom stereocenters. The molecule has 0 saturated carbocycles. The number of hydrogen-bond donors (Lipinski definition) is 4. The van der Waals surface area contributed by atoms with Crippen LogP contribution < -0.4 is 16.2 Å². The largest absolute Gasteiger partial charge is 0.505 e. The maximum Gasteiger partial charge on any atom is 0.172 e. The highest BCUT2D eigenvalue weighted by Crippen LogP contribution is 2.45. The zero-order valence-corrected chi connectivity index (χ0v) is 8.16. The molecule has 0 fully saturated rings. The maximum atomic E-state index is 9.50. The van der Waals surface area contributed by atoms with E-state index in [0.717, 1.165) is 0 Å². The number of benzene rings is 1. The summed E-state index contributed by atoms with van der Waals surface area (Å²) in [6, 6.07) is 0. The highest BCUT2D eigenvalue weighted by Gasteiger charge is 2.18. The third-order valence-corrected chi connectivity index (χ3v) is 2.00. The third kappa shape index (κ3) is 1.37. The van der Waals surface area contributed by atoms with Gasteiger partial charge in [-0.05, 0) is 13.8 Å². The van der Waals surface area contributed by atoms with Crippen molar-refractivity contribution in [3.8, 4) is 17.2 Å². The topological polar surface area (TPSA) is 102 Å². The van der Waals surface area contributed by atoms with Crippen LogP contribution in [0.3, 0.4) is 0 Å². The molecule has 0 bridgehead atoms. The van der Waals surface area contributed by atoms with Crippen LogP contribution in [0.2, 0.25) is 0 Å². The van der Waals surface area contributed by atoms with E-state index in [9.17, 15) is 10.2 Å². The maximum absolute atomic E-state index is 9.50. The van der Waals surface area contributed by atoms with Crippen LogP contribution in [0.5, 0.6) is 17.2 Å². The van der Waals surface area contributed by atoms with Crippen LogP contribution in [0.15, 0.2) is 0 Å². The standard InChI is InChI=1S/C9H14N2O3/c1-3-14-9-5(10)7(12)4(2)8(13)6(9)11/h12-13H,3,10-11H2,1-2H3. The molecule has 0 aliphatic carbocycles. The van der Waals surface area contributed by atoms with Crippen molar-refractivity contribution in [1.29, 1.82) is 0 Å². The fraction of sp³-hybridized carbons (Fsp3) is 0.333. The van der Waals surface area contributed by atoms with E-state index in [-0.39, 0.29) is 34.2 Å². The zero-order valence-electron chi connectivity index (χ0n) is 8.16. The Kier molecular flexibility index (Phi) is 2.60. The predicted molar refractivity (Wildman–Crippen MR) is 54.5 cm³/mol. The first-order valence-electron chi connectivity index (χ1n) is 4.22. The summed E-state index contributed by atoms with van der Waals surface area (Å²) in [6.45, 7) is 3.64. The summed E-state index contributed by atoms with van der Waals surface area (Å²) in [5.74, 6) is -0.256. The number of phenolic OH excluding ortho intramolecular Hbond substituents is 2. The van der Waals surface area contributed by atoms with Crippen LogP contribution in [0.4, 0.5) is 11.4 Å². The average molecular weight is 198 g/mol. The fourth-order valence-electron chi connectivity index (χ4n) is 1.18. The molecule has 0 aliphatic rings. The summed E-state index contributed by atoms with van der Waals surface area (Å²) in [5.41, 5.74) is 11.5. The van der Waals surface area contributed by atoms with E-state index in [1.54, 1.807) is 6.92 Å². The molecule has 0 radical (unpaired) electrons. The van der Waals surface area contributed by atoms with Crippen molar-refractivity contribution in [3.63, 3.8) is 0 Å². The zero-order chi connectivity index (χ0) is 10.9. The van der Waals surface area contributed by atoms with E-state index in [4.69, 9.17) is 16.2 Å². The number of anilines is 2. The van der Waals surface area contributed by atoms with Gasteiger partial charge >= 0.3 is 0 Å². The molecule has 78 valence electrons. The number of nitrogen functional groups attached to an aromatic ring is 2. The molecule has 6 N–H and O–H groups in total. The molecule has 0 saturated heterocycles. The molecule has 0 aromatic heterocycles.